The predicted octanol–water partition coefficient (Wildman–Crippen LogP) is 5.47. The lowest BCUT2D eigenvalue weighted by atomic mass is 10.2. The van der Waals surface area contributed by atoms with Crippen LogP contribution < -0.4 is 15.4 Å². The fourth-order valence-corrected chi connectivity index (χ4v) is 4.62. The van der Waals surface area contributed by atoms with Crippen LogP contribution in [0.4, 0.5) is 16.2 Å². The van der Waals surface area contributed by atoms with Crippen LogP contribution in [0.5, 0.6) is 5.75 Å². The van der Waals surface area contributed by atoms with E-state index in [1.807, 2.05) is 0 Å². The van der Waals surface area contributed by atoms with Gasteiger partial charge in [0, 0.05) is 6.54 Å². The molecule has 0 fully saturated rings. The highest BCUT2D eigenvalue weighted by atomic mass is 35.5. The number of benzene rings is 3. The Hall–Kier alpha value is -2.49. The van der Waals surface area contributed by atoms with Crippen molar-refractivity contribution < 1.29 is 18.3 Å². The number of phenolic OH excluding ortho intramolecular Hbond substituents is 1. The Kier molecular flexibility index (Phi) is 7.30. The molecule has 0 unspecified atom stereocenters. The zero-order valence-corrected chi connectivity index (χ0v) is 18.8. The Morgan fingerprint density at radius 3 is 2.23 bits per heavy atom. The number of nitrogens with one attached hydrogen (secondary N) is 3. The van der Waals surface area contributed by atoms with Gasteiger partial charge in [0.1, 0.15) is 4.90 Å². The van der Waals surface area contributed by atoms with Gasteiger partial charge in [0.15, 0.2) is 5.75 Å². The van der Waals surface area contributed by atoms with Crippen molar-refractivity contribution in [2.75, 3.05) is 10.6 Å². The van der Waals surface area contributed by atoms with Gasteiger partial charge in [0.2, 0.25) is 10.0 Å². The number of carbonyl (C=O) groups excluding carboxylic acids is 1. The topological polar surface area (TPSA) is 108 Å². The molecule has 0 bridgehead atoms. The summed E-state index contributed by atoms with van der Waals surface area (Å²) in [6.07, 6.45) is 0. The quantitative estimate of drug-likeness (QED) is 0.336. The van der Waals surface area contributed by atoms with Crippen molar-refractivity contribution >= 4 is 62.2 Å². The molecule has 0 aromatic heterocycles. The van der Waals surface area contributed by atoms with Gasteiger partial charge in [-0.15, -0.1) is 0 Å². The normalized spacial score (nSPS) is 11.2. The van der Waals surface area contributed by atoms with Gasteiger partial charge in [0.25, 0.3) is 0 Å². The molecule has 0 aliphatic heterocycles. The monoisotopic (exact) mass is 499 g/mol. The van der Waals surface area contributed by atoms with Gasteiger partial charge in [-0.1, -0.05) is 71.2 Å². The summed E-state index contributed by atoms with van der Waals surface area (Å²) in [5, 5.41) is 15.5. The number of aromatic hydroxyl groups is 1. The first kappa shape index (κ1) is 23.2. The third-order valence-corrected chi connectivity index (χ3v) is 6.83. The third-order valence-electron chi connectivity index (χ3n) is 4.11. The number of halogens is 3. The summed E-state index contributed by atoms with van der Waals surface area (Å²) in [5.74, 6) is -0.708. The van der Waals surface area contributed by atoms with Crippen LogP contribution in [0.1, 0.15) is 5.56 Å². The summed E-state index contributed by atoms with van der Waals surface area (Å²) in [4.78, 5) is 11.8. The molecule has 0 atom stereocenters. The number of anilines is 2. The number of rotatable bonds is 6. The molecule has 0 saturated heterocycles. The first-order valence-electron chi connectivity index (χ1n) is 8.76. The number of carbonyl (C=O) groups is 1. The van der Waals surface area contributed by atoms with Gasteiger partial charge < -0.3 is 15.7 Å². The average molecular weight is 501 g/mol. The van der Waals surface area contributed by atoms with E-state index < -0.39 is 26.7 Å². The van der Waals surface area contributed by atoms with Gasteiger partial charge in [-0.25, -0.2) is 17.9 Å². The summed E-state index contributed by atoms with van der Waals surface area (Å²) < 4.78 is 27.9. The molecule has 0 spiro atoms. The Morgan fingerprint density at radius 1 is 0.839 bits per heavy atom. The van der Waals surface area contributed by atoms with E-state index in [9.17, 15) is 18.3 Å². The first-order chi connectivity index (χ1) is 14.7. The molecule has 31 heavy (non-hydrogen) atoms. The lowest BCUT2D eigenvalue weighted by Crippen LogP contribution is -2.24. The van der Waals surface area contributed by atoms with Crippen LogP contribution in [-0.2, 0) is 16.6 Å². The largest absolute Gasteiger partial charge is 0.504 e. The summed E-state index contributed by atoms with van der Waals surface area (Å²) in [6, 6.07) is 15.2. The number of phenols is 1. The highest BCUT2D eigenvalue weighted by molar-refractivity contribution is 7.89. The fourth-order valence-electron chi connectivity index (χ4n) is 2.63. The highest BCUT2D eigenvalue weighted by Crippen LogP contribution is 2.37. The van der Waals surface area contributed by atoms with E-state index in [2.05, 4.69) is 15.4 Å². The maximum atomic E-state index is 12.7. The number of hydrogen-bond donors (Lipinski definition) is 4. The summed E-state index contributed by atoms with van der Waals surface area (Å²) >= 11 is 18.0. The van der Waals surface area contributed by atoms with Gasteiger partial charge in [-0.3, -0.25) is 0 Å². The van der Waals surface area contributed by atoms with Crippen molar-refractivity contribution in [2.45, 2.75) is 11.4 Å². The molecule has 0 aliphatic carbocycles. The van der Waals surface area contributed by atoms with Crippen LogP contribution in [0.2, 0.25) is 15.1 Å². The second-order valence-electron chi connectivity index (χ2n) is 6.26. The van der Waals surface area contributed by atoms with Crippen LogP contribution in [0.3, 0.4) is 0 Å². The van der Waals surface area contributed by atoms with E-state index in [0.717, 1.165) is 0 Å². The van der Waals surface area contributed by atoms with E-state index in [4.69, 9.17) is 34.8 Å². The zero-order valence-electron chi connectivity index (χ0n) is 15.7. The maximum absolute atomic E-state index is 12.7. The fraction of sp³-hybridized carbons (Fsp3) is 0.0500. The molecule has 3 aromatic rings. The summed E-state index contributed by atoms with van der Waals surface area (Å²) in [7, 11) is -4.19. The van der Waals surface area contributed by atoms with Crippen LogP contribution in [-0.4, -0.2) is 19.6 Å². The minimum atomic E-state index is -4.19. The van der Waals surface area contributed by atoms with E-state index in [0.29, 0.717) is 5.56 Å². The van der Waals surface area contributed by atoms with Gasteiger partial charge >= 0.3 is 6.03 Å². The van der Waals surface area contributed by atoms with Gasteiger partial charge in [-0.2, -0.15) is 0 Å². The van der Waals surface area contributed by atoms with E-state index >= 15 is 0 Å². The number of hydrogen-bond acceptors (Lipinski definition) is 4. The molecule has 4 N–H and O–H groups in total. The summed E-state index contributed by atoms with van der Waals surface area (Å²) in [6.45, 7) is -0.00957. The lowest BCUT2D eigenvalue weighted by molar-refractivity contribution is 0.262. The second kappa shape index (κ2) is 9.76. The van der Waals surface area contributed by atoms with Crippen molar-refractivity contribution in [1.82, 2.24) is 4.72 Å². The smallest absolute Gasteiger partial charge is 0.323 e. The summed E-state index contributed by atoms with van der Waals surface area (Å²) in [5.41, 5.74) is 0.784. The number of amides is 2. The molecule has 3 rings (SSSR count). The molecule has 0 aliphatic rings. The molecular formula is C20H16Cl3N3O4S. The molecule has 11 heteroatoms. The third kappa shape index (κ3) is 5.61. The first-order valence-corrected chi connectivity index (χ1v) is 11.4. The average Bonchev–Trinajstić information content (AvgIpc) is 2.73. The van der Waals surface area contributed by atoms with Crippen LogP contribution in [0.15, 0.2) is 65.6 Å². The van der Waals surface area contributed by atoms with E-state index in [1.165, 1.54) is 18.2 Å². The SMILES string of the molecule is O=C(Nc1ccc(Cl)c(S(=O)(=O)NCc2ccccc2)c1O)Nc1cccc(Cl)c1Cl. The molecule has 2 amide bonds. The van der Waals surface area contributed by atoms with E-state index in [1.54, 1.807) is 42.5 Å². The standard InChI is InChI=1S/C20H16Cl3N3O4S/c21-13-7-4-8-15(17(13)23)25-20(28)26-16-10-9-14(22)19(18(16)27)31(29,30)24-11-12-5-2-1-3-6-12/h1-10,24,27H,11H2,(H2,25,26,28). The van der Waals surface area contributed by atoms with Crippen molar-refractivity contribution in [3.05, 3.63) is 81.3 Å². The van der Waals surface area contributed by atoms with Crippen molar-refractivity contribution in [3.63, 3.8) is 0 Å². The Labute approximate surface area is 194 Å². The zero-order chi connectivity index (χ0) is 22.6. The highest BCUT2D eigenvalue weighted by Gasteiger charge is 2.25. The Bertz CT molecular complexity index is 1220. The van der Waals surface area contributed by atoms with Crippen LogP contribution >= 0.6 is 34.8 Å². The van der Waals surface area contributed by atoms with Gasteiger partial charge in [-0.05, 0) is 29.8 Å². The second-order valence-corrected chi connectivity index (χ2v) is 9.16. The lowest BCUT2D eigenvalue weighted by Gasteiger charge is -2.15. The van der Waals surface area contributed by atoms with Crippen molar-refractivity contribution in [1.29, 1.82) is 0 Å². The Balaban J connectivity index is 1.81. The molecule has 0 radical (unpaired) electrons. The van der Waals surface area contributed by atoms with Crippen molar-refractivity contribution in [2.24, 2.45) is 0 Å². The number of sulfonamides is 1. The maximum Gasteiger partial charge on any atom is 0.323 e. The van der Waals surface area contributed by atoms with E-state index in [-0.39, 0.29) is 33.0 Å². The molecule has 0 heterocycles. The minimum absolute atomic E-state index is 0.00957. The molecule has 0 saturated carbocycles. The molecule has 7 nitrogen and oxygen atoms in total. The molecular weight excluding hydrogens is 485 g/mol. The molecule has 3 aromatic carbocycles. The van der Waals surface area contributed by atoms with Gasteiger partial charge in [0.05, 0.1) is 26.4 Å². The van der Waals surface area contributed by atoms with Crippen LogP contribution in [0, 0.1) is 0 Å². The molecule has 162 valence electrons. The van der Waals surface area contributed by atoms with Crippen LogP contribution in [0.25, 0.3) is 0 Å². The van der Waals surface area contributed by atoms with Crippen molar-refractivity contribution in [3.8, 4) is 5.75 Å². The Morgan fingerprint density at radius 2 is 1.52 bits per heavy atom. The minimum Gasteiger partial charge on any atom is -0.504 e. The predicted molar refractivity (Wildman–Crippen MR) is 123 cm³/mol. The number of urea groups is 1.